The summed E-state index contributed by atoms with van der Waals surface area (Å²) in [6.45, 7) is 6.53. The fraction of sp³-hybridized carbons (Fsp3) is 0.296. The van der Waals surface area contributed by atoms with Crippen LogP contribution >= 0.6 is 11.6 Å². The van der Waals surface area contributed by atoms with Crippen molar-refractivity contribution in [2.75, 3.05) is 32.7 Å². The maximum absolute atomic E-state index is 12.7. The quantitative estimate of drug-likeness (QED) is 0.487. The maximum Gasteiger partial charge on any atom is 0.253 e. The van der Waals surface area contributed by atoms with Gasteiger partial charge in [-0.05, 0) is 42.3 Å². The maximum atomic E-state index is 12.7. The lowest BCUT2D eigenvalue weighted by atomic mass is 10.1. The van der Waals surface area contributed by atoms with Crippen molar-refractivity contribution >= 4 is 17.5 Å². The number of carbonyl (C=O) groups is 1. The first-order valence-electron chi connectivity index (χ1n) is 11.1. The highest BCUT2D eigenvalue weighted by atomic mass is 35.5. The highest BCUT2D eigenvalue weighted by Crippen LogP contribution is 2.24. The topological polar surface area (TPSA) is 32.8 Å². The number of rotatable bonds is 7. The van der Waals surface area contributed by atoms with Gasteiger partial charge in [-0.15, -0.1) is 0 Å². The largest absolute Gasteiger partial charge is 0.368 e. The molecule has 1 heterocycles. The van der Waals surface area contributed by atoms with Gasteiger partial charge in [-0.25, -0.2) is 0 Å². The van der Waals surface area contributed by atoms with Gasteiger partial charge in [-0.2, -0.15) is 0 Å². The molecule has 1 atom stereocenters. The van der Waals surface area contributed by atoms with Crippen LogP contribution < -0.4 is 0 Å². The van der Waals surface area contributed by atoms with Gasteiger partial charge in [-0.3, -0.25) is 9.69 Å². The van der Waals surface area contributed by atoms with Gasteiger partial charge >= 0.3 is 0 Å². The molecule has 5 heteroatoms. The van der Waals surface area contributed by atoms with Crippen LogP contribution in [0.1, 0.15) is 33.2 Å². The third kappa shape index (κ3) is 5.98. The summed E-state index contributed by atoms with van der Waals surface area (Å²) in [5.74, 6) is 0.107. The van der Waals surface area contributed by atoms with Gasteiger partial charge in [-0.1, -0.05) is 71.8 Å². The molecule has 0 spiro atoms. The Labute approximate surface area is 195 Å². The van der Waals surface area contributed by atoms with Gasteiger partial charge in [0.2, 0.25) is 0 Å². The lowest BCUT2D eigenvalue weighted by Gasteiger charge is -2.36. The molecule has 32 heavy (non-hydrogen) atoms. The standard InChI is InChI=1S/C27H29ClN2O2/c1-21-6-5-7-22(18-21)20-32-26(23-10-12-25(28)13-11-23)19-29-14-16-30(17-15-29)27(31)24-8-3-2-4-9-24/h2-13,18,26H,14-17,19-20H2,1H3. The van der Waals surface area contributed by atoms with Gasteiger partial charge in [0, 0.05) is 43.3 Å². The Morgan fingerprint density at radius 2 is 1.66 bits per heavy atom. The van der Waals surface area contributed by atoms with Crippen molar-refractivity contribution in [2.45, 2.75) is 19.6 Å². The molecule has 0 radical (unpaired) electrons. The first kappa shape index (κ1) is 22.5. The summed E-state index contributed by atoms with van der Waals surface area (Å²) in [5, 5.41) is 0.722. The average molecular weight is 449 g/mol. The van der Waals surface area contributed by atoms with Crippen LogP contribution in [0.2, 0.25) is 5.02 Å². The molecule has 1 amide bonds. The summed E-state index contributed by atoms with van der Waals surface area (Å²) < 4.78 is 6.39. The minimum atomic E-state index is -0.0656. The number of amides is 1. The van der Waals surface area contributed by atoms with E-state index in [0.717, 1.165) is 48.9 Å². The van der Waals surface area contributed by atoms with Crippen LogP contribution in [0.4, 0.5) is 0 Å². The minimum Gasteiger partial charge on any atom is -0.368 e. The van der Waals surface area contributed by atoms with E-state index < -0.39 is 0 Å². The van der Waals surface area contributed by atoms with Crippen molar-refractivity contribution in [2.24, 2.45) is 0 Å². The molecule has 4 nitrogen and oxygen atoms in total. The molecule has 4 rings (SSSR count). The molecule has 1 aliphatic rings. The Morgan fingerprint density at radius 1 is 0.938 bits per heavy atom. The number of hydrogen-bond acceptors (Lipinski definition) is 3. The fourth-order valence-electron chi connectivity index (χ4n) is 4.06. The van der Waals surface area contributed by atoms with E-state index in [0.29, 0.717) is 6.61 Å². The van der Waals surface area contributed by atoms with Crippen LogP contribution in [0, 0.1) is 6.92 Å². The van der Waals surface area contributed by atoms with Gasteiger partial charge in [0.25, 0.3) is 5.91 Å². The van der Waals surface area contributed by atoms with Crippen molar-refractivity contribution in [1.82, 2.24) is 9.80 Å². The van der Waals surface area contributed by atoms with Crippen LogP contribution in [0.5, 0.6) is 0 Å². The predicted octanol–water partition coefficient (Wildman–Crippen LogP) is 5.36. The normalized spacial score (nSPS) is 15.5. The number of piperazine rings is 1. The summed E-state index contributed by atoms with van der Waals surface area (Å²) in [7, 11) is 0. The lowest BCUT2D eigenvalue weighted by Crippen LogP contribution is -2.49. The predicted molar refractivity (Wildman–Crippen MR) is 129 cm³/mol. The molecule has 0 N–H and O–H groups in total. The molecule has 3 aromatic carbocycles. The second-order valence-corrected chi connectivity index (χ2v) is 8.74. The molecule has 1 saturated heterocycles. The van der Waals surface area contributed by atoms with E-state index in [1.165, 1.54) is 11.1 Å². The first-order chi connectivity index (χ1) is 15.6. The zero-order chi connectivity index (χ0) is 22.3. The number of nitrogens with zero attached hydrogens (tertiary/aromatic N) is 2. The van der Waals surface area contributed by atoms with Crippen molar-refractivity contribution < 1.29 is 9.53 Å². The minimum absolute atomic E-state index is 0.0656. The Balaban J connectivity index is 1.38. The lowest BCUT2D eigenvalue weighted by molar-refractivity contribution is 0.00341. The molecule has 1 fully saturated rings. The summed E-state index contributed by atoms with van der Waals surface area (Å²) in [6.07, 6.45) is -0.0656. The molecule has 0 aromatic heterocycles. The third-order valence-electron chi connectivity index (χ3n) is 5.88. The number of aryl methyl sites for hydroxylation is 1. The van der Waals surface area contributed by atoms with E-state index in [9.17, 15) is 4.79 Å². The average Bonchev–Trinajstić information content (AvgIpc) is 2.83. The molecule has 0 bridgehead atoms. The second kappa shape index (κ2) is 10.8. The van der Waals surface area contributed by atoms with E-state index in [4.69, 9.17) is 16.3 Å². The fourth-order valence-corrected chi connectivity index (χ4v) is 4.19. The van der Waals surface area contributed by atoms with Gasteiger partial charge in [0.15, 0.2) is 0 Å². The van der Waals surface area contributed by atoms with Gasteiger partial charge in [0.1, 0.15) is 0 Å². The van der Waals surface area contributed by atoms with Crippen LogP contribution in [0.25, 0.3) is 0 Å². The second-order valence-electron chi connectivity index (χ2n) is 8.30. The van der Waals surface area contributed by atoms with Gasteiger partial charge < -0.3 is 9.64 Å². The number of ether oxygens (including phenoxy) is 1. The van der Waals surface area contributed by atoms with Crippen molar-refractivity contribution in [3.05, 3.63) is 106 Å². The van der Waals surface area contributed by atoms with Crippen LogP contribution in [0.15, 0.2) is 78.9 Å². The van der Waals surface area contributed by atoms with E-state index in [1.807, 2.05) is 59.5 Å². The van der Waals surface area contributed by atoms with E-state index in [-0.39, 0.29) is 12.0 Å². The highest BCUT2D eigenvalue weighted by molar-refractivity contribution is 6.30. The van der Waals surface area contributed by atoms with Crippen molar-refractivity contribution in [3.63, 3.8) is 0 Å². The number of halogens is 1. The van der Waals surface area contributed by atoms with Gasteiger partial charge in [0.05, 0.1) is 12.7 Å². The van der Waals surface area contributed by atoms with E-state index >= 15 is 0 Å². The summed E-state index contributed by atoms with van der Waals surface area (Å²) in [4.78, 5) is 17.1. The smallest absolute Gasteiger partial charge is 0.253 e. The number of benzene rings is 3. The monoisotopic (exact) mass is 448 g/mol. The zero-order valence-corrected chi connectivity index (χ0v) is 19.2. The third-order valence-corrected chi connectivity index (χ3v) is 6.13. The van der Waals surface area contributed by atoms with Crippen molar-refractivity contribution in [3.8, 4) is 0 Å². The first-order valence-corrected chi connectivity index (χ1v) is 11.5. The number of carbonyl (C=O) groups excluding carboxylic acids is 1. The summed E-state index contributed by atoms with van der Waals surface area (Å²) in [6, 6.07) is 25.8. The van der Waals surface area contributed by atoms with Crippen LogP contribution in [0.3, 0.4) is 0 Å². The number of hydrogen-bond donors (Lipinski definition) is 0. The molecular weight excluding hydrogens is 420 g/mol. The van der Waals surface area contributed by atoms with Crippen molar-refractivity contribution in [1.29, 1.82) is 0 Å². The molecule has 166 valence electrons. The van der Waals surface area contributed by atoms with E-state index in [1.54, 1.807) is 0 Å². The summed E-state index contributed by atoms with van der Waals surface area (Å²) in [5.41, 5.74) is 4.27. The molecule has 3 aromatic rings. The summed E-state index contributed by atoms with van der Waals surface area (Å²) >= 11 is 6.11. The Bertz CT molecular complexity index is 1020. The molecule has 1 aliphatic heterocycles. The Kier molecular flexibility index (Phi) is 7.59. The SMILES string of the molecule is Cc1cccc(COC(CN2CCN(C(=O)c3ccccc3)CC2)c2ccc(Cl)cc2)c1. The highest BCUT2D eigenvalue weighted by Gasteiger charge is 2.24. The Morgan fingerprint density at radius 3 is 2.34 bits per heavy atom. The molecule has 0 aliphatic carbocycles. The zero-order valence-electron chi connectivity index (χ0n) is 18.4. The Hall–Kier alpha value is -2.66. The molecule has 0 saturated carbocycles. The molecular formula is C27H29ClN2O2. The van der Waals surface area contributed by atoms with E-state index in [2.05, 4.69) is 36.1 Å². The van der Waals surface area contributed by atoms with Crippen LogP contribution in [-0.2, 0) is 11.3 Å². The molecule has 1 unspecified atom stereocenters. The van der Waals surface area contributed by atoms with Crippen LogP contribution in [-0.4, -0.2) is 48.4 Å².